The third-order valence-corrected chi connectivity index (χ3v) is 6.36. The quantitative estimate of drug-likeness (QED) is 0.137. The Balaban J connectivity index is 2.35. The minimum atomic E-state index is -2.54. The van der Waals surface area contributed by atoms with Crippen LogP contribution in [-0.2, 0) is 19.1 Å². The maximum Gasteiger partial charge on any atom is 0.342 e. The lowest BCUT2D eigenvalue weighted by atomic mass is 9.88. The highest BCUT2D eigenvalue weighted by Crippen LogP contribution is 2.34. The summed E-state index contributed by atoms with van der Waals surface area (Å²) in [4.78, 5) is 67.9. The molecule has 0 aromatic heterocycles. The molecule has 3 atom stereocenters. The average molecular weight is 593 g/mol. The van der Waals surface area contributed by atoms with E-state index in [1.807, 2.05) is 0 Å². The van der Waals surface area contributed by atoms with Gasteiger partial charge in [-0.25, -0.2) is 4.79 Å². The molecular weight excluding hydrogens is 564 g/mol. The van der Waals surface area contributed by atoms with E-state index in [4.69, 9.17) is 20.9 Å². The minimum Gasteiger partial charge on any atom is -0.457 e. The van der Waals surface area contributed by atoms with E-state index >= 15 is 0 Å². The molecule has 2 rings (SSSR count). The number of ether oxygens (including phenoxy) is 2. The average Bonchev–Trinajstić information content (AvgIpc) is 2.91. The van der Waals surface area contributed by atoms with Crippen LogP contribution < -0.4 is 11.5 Å². The smallest absolute Gasteiger partial charge is 0.342 e. The maximum absolute atomic E-state index is 13.2. The number of nitrogens with two attached hydrogens (primary N) is 2. The first-order valence-electron chi connectivity index (χ1n) is 12.4. The summed E-state index contributed by atoms with van der Waals surface area (Å²) in [7, 11) is 0. The Kier molecular flexibility index (Phi) is 10.6. The first-order chi connectivity index (χ1) is 19.5. The van der Waals surface area contributed by atoms with Gasteiger partial charge in [-0.05, 0) is 32.4 Å². The van der Waals surface area contributed by atoms with Crippen molar-refractivity contribution in [2.24, 2.45) is 17.4 Å². The van der Waals surface area contributed by atoms with E-state index in [2.05, 4.69) is 0 Å². The number of esters is 2. The number of hydrogen-bond donors (Lipinski definition) is 2. The van der Waals surface area contributed by atoms with Gasteiger partial charge in [0.2, 0.25) is 0 Å². The van der Waals surface area contributed by atoms with Crippen LogP contribution in [0.15, 0.2) is 36.4 Å². The van der Waals surface area contributed by atoms with Gasteiger partial charge >= 0.3 is 11.9 Å². The van der Waals surface area contributed by atoms with Crippen molar-refractivity contribution in [2.75, 3.05) is 0 Å². The maximum atomic E-state index is 13.2. The van der Waals surface area contributed by atoms with E-state index in [0.717, 1.165) is 24.3 Å². The first kappa shape index (κ1) is 33.1. The number of non-ortho nitro benzene ring substituents is 2. The Morgan fingerprint density at radius 3 is 1.60 bits per heavy atom. The third-order valence-electron chi connectivity index (χ3n) is 6.36. The normalized spacial score (nSPS) is 13.4. The number of rotatable bonds is 14. The monoisotopic (exact) mass is 592 g/mol. The molecule has 0 aliphatic heterocycles. The Morgan fingerprint density at radius 1 is 0.786 bits per heavy atom. The predicted molar refractivity (Wildman–Crippen MR) is 143 cm³/mol. The van der Waals surface area contributed by atoms with Crippen molar-refractivity contribution in [2.45, 2.75) is 57.9 Å². The van der Waals surface area contributed by atoms with Gasteiger partial charge in [0.1, 0.15) is 12.2 Å². The summed E-state index contributed by atoms with van der Waals surface area (Å²) >= 11 is 0. The fourth-order valence-corrected chi connectivity index (χ4v) is 4.04. The number of carbonyl (C=O) groups excluding carboxylic acids is 2. The van der Waals surface area contributed by atoms with E-state index in [1.54, 1.807) is 6.92 Å². The number of nitro groups is 4. The van der Waals surface area contributed by atoms with E-state index in [1.165, 1.54) is 13.8 Å². The molecule has 0 amide bonds. The van der Waals surface area contributed by atoms with Crippen molar-refractivity contribution < 1.29 is 38.8 Å². The van der Waals surface area contributed by atoms with Gasteiger partial charge in [0.15, 0.2) is 5.66 Å². The van der Waals surface area contributed by atoms with Gasteiger partial charge in [-0.2, -0.15) is 0 Å². The second-order valence-corrected chi connectivity index (χ2v) is 9.27. The lowest BCUT2D eigenvalue weighted by Crippen LogP contribution is -2.64. The Bertz CT molecular complexity index is 1410. The molecule has 0 aliphatic rings. The van der Waals surface area contributed by atoms with Crippen LogP contribution in [0.2, 0.25) is 0 Å². The topological polar surface area (TPSA) is 277 Å². The third kappa shape index (κ3) is 7.55. The SMILES string of the molecule is CCCCC(C(=O)OC(C)c1ccc([N+](=O)[O-])cc1[N+](=O)[O-])C(N)(N)C(=O)OC(C)c1ccc([N+](=O)[O-])cc1[N+](=O)[O-]. The molecule has 2 aromatic carbocycles. The summed E-state index contributed by atoms with van der Waals surface area (Å²) in [6.07, 6.45) is -1.92. The molecule has 3 unspecified atom stereocenters. The first-order valence-corrected chi connectivity index (χ1v) is 12.4. The molecular formula is C24H28N6O12. The van der Waals surface area contributed by atoms with Gasteiger partial charge in [-0.15, -0.1) is 0 Å². The lowest BCUT2D eigenvalue weighted by molar-refractivity contribution is -0.395. The second kappa shape index (κ2) is 13.5. The minimum absolute atomic E-state index is 0.0848. The van der Waals surface area contributed by atoms with E-state index < -0.39 is 78.2 Å². The van der Waals surface area contributed by atoms with Crippen LogP contribution in [0.25, 0.3) is 0 Å². The summed E-state index contributed by atoms with van der Waals surface area (Å²) in [5.41, 5.74) is 6.72. The van der Waals surface area contributed by atoms with Crippen molar-refractivity contribution in [3.63, 3.8) is 0 Å². The zero-order chi connectivity index (χ0) is 31.9. The molecule has 0 saturated carbocycles. The zero-order valence-corrected chi connectivity index (χ0v) is 22.7. The van der Waals surface area contributed by atoms with Gasteiger partial charge in [0.05, 0.1) is 48.9 Å². The van der Waals surface area contributed by atoms with Crippen LogP contribution >= 0.6 is 0 Å². The fourth-order valence-electron chi connectivity index (χ4n) is 4.04. The summed E-state index contributed by atoms with van der Waals surface area (Å²) in [6, 6.07) is 5.46. The van der Waals surface area contributed by atoms with E-state index in [-0.39, 0.29) is 17.5 Å². The van der Waals surface area contributed by atoms with Gasteiger partial charge < -0.3 is 20.9 Å². The molecule has 0 fully saturated rings. The highest BCUT2D eigenvalue weighted by atomic mass is 16.6. The summed E-state index contributed by atoms with van der Waals surface area (Å²) < 4.78 is 10.6. The van der Waals surface area contributed by atoms with Crippen molar-refractivity contribution >= 4 is 34.7 Å². The van der Waals surface area contributed by atoms with Crippen LogP contribution in [0.3, 0.4) is 0 Å². The van der Waals surface area contributed by atoms with Gasteiger partial charge in [-0.1, -0.05) is 19.8 Å². The molecule has 42 heavy (non-hydrogen) atoms. The standard InChI is InChI=1S/C24H28N6O12/c1-4-5-6-19(22(31)41-13(2)17-9-7-15(27(33)34)11-20(17)29(37)38)24(25,26)23(32)42-14(3)18-10-8-16(28(35)36)12-21(18)30(39)40/h7-14,19H,4-6,25-26H2,1-3H3. The second-order valence-electron chi connectivity index (χ2n) is 9.27. The van der Waals surface area contributed by atoms with Crippen molar-refractivity contribution in [3.05, 3.63) is 88.0 Å². The van der Waals surface area contributed by atoms with Gasteiger partial charge in [-0.3, -0.25) is 45.3 Å². The molecule has 0 spiro atoms. The molecule has 0 heterocycles. The summed E-state index contributed by atoms with van der Waals surface area (Å²) in [6.45, 7) is 4.27. The molecule has 18 nitrogen and oxygen atoms in total. The number of nitrogens with zero attached hydrogens (tertiary/aromatic N) is 4. The van der Waals surface area contributed by atoms with Crippen molar-refractivity contribution in [1.82, 2.24) is 0 Å². The number of carbonyl (C=O) groups is 2. The number of benzene rings is 2. The Hall–Kier alpha value is -5.10. The lowest BCUT2D eigenvalue weighted by Gasteiger charge is -2.32. The van der Waals surface area contributed by atoms with E-state index in [9.17, 15) is 50.0 Å². The van der Waals surface area contributed by atoms with Crippen LogP contribution in [0.1, 0.15) is 63.4 Å². The van der Waals surface area contributed by atoms with Crippen molar-refractivity contribution in [1.29, 1.82) is 0 Å². The van der Waals surface area contributed by atoms with Crippen LogP contribution in [0.5, 0.6) is 0 Å². The van der Waals surface area contributed by atoms with Crippen LogP contribution in [0, 0.1) is 46.4 Å². The van der Waals surface area contributed by atoms with Crippen LogP contribution in [0.4, 0.5) is 22.7 Å². The molecule has 226 valence electrons. The molecule has 2 aromatic rings. The fraction of sp³-hybridized carbons (Fsp3) is 0.417. The Labute approximate surface area is 237 Å². The molecule has 0 aliphatic carbocycles. The summed E-state index contributed by atoms with van der Waals surface area (Å²) in [5.74, 6) is -4.03. The summed E-state index contributed by atoms with van der Waals surface area (Å²) in [5, 5.41) is 45.0. The highest BCUT2D eigenvalue weighted by molar-refractivity contribution is 5.88. The van der Waals surface area contributed by atoms with Gasteiger partial charge in [0, 0.05) is 12.1 Å². The zero-order valence-electron chi connectivity index (χ0n) is 22.7. The number of nitro benzene ring substituents is 4. The highest BCUT2D eigenvalue weighted by Gasteiger charge is 2.46. The molecule has 0 radical (unpaired) electrons. The van der Waals surface area contributed by atoms with Crippen LogP contribution in [-0.4, -0.2) is 37.3 Å². The Morgan fingerprint density at radius 2 is 1.21 bits per heavy atom. The number of unbranched alkanes of at least 4 members (excludes halogenated alkanes) is 1. The molecule has 0 bridgehead atoms. The number of hydrogen-bond acceptors (Lipinski definition) is 14. The van der Waals surface area contributed by atoms with E-state index in [0.29, 0.717) is 25.0 Å². The predicted octanol–water partition coefficient (Wildman–Crippen LogP) is 3.65. The largest absolute Gasteiger partial charge is 0.457 e. The van der Waals surface area contributed by atoms with Crippen molar-refractivity contribution in [3.8, 4) is 0 Å². The van der Waals surface area contributed by atoms with Gasteiger partial charge in [0.25, 0.3) is 22.7 Å². The molecule has 4 N–H and O–H groups in total. The molecule has 18 heteroatoms. The molecule has 0 saturated heterocycles.